The maximum atomic E-state index is 4.61. The summed E-state index contributed by atoms with van der Waals surface area (Å²) in [6, 6.07) is 10.2. The van der Waals surface area contributed by atoms with Gasteiger partial charge in [0.1, 0.15) is 11.8 Å². The molecule has 108 valence electrons. The van der Waals surface area contributed by atoms with Gasteiger partial charge in [-0.1, -0.05) is 32.0 Å². The van der Waals surface area contributed by atoms with Crippen LogP contribution in [0.3, 0.4) is 0 Å². The number of hydrogen-bond acceptors (Lipinski definition) is 5. The molecule has 1 N–H and O–H groups in total. The van der Waals surface area contributed by atoms with Gasteiger partial charge in [-0.15, -0.1) is 0 Å². The number of imidazole rings is 1. The minimum absolute atomic E-state index is 0.744. The average molecular weight is 282 g/mol. The Morgan fingerprint density at radius 2 is 1.86 bits per heavy atom. The highest BCUT2D eigenvalue weighted by molar-refractivity contribution is 5.73. The third-order valence-electron chi connectivity index (χ3n) is 3.36. The molecule has 0 unspecified atom stereocenters. The highest BCUT2D eigenvalue weighted by atomic mass is 15.7. The van der Waals surface area contributed by atoms with Gasteiger partial charge in [0.25, 0.3) is 0 Å². The molecule has 0 saturated carbocycles. The summed E-state index contributed by atoms with van der Waals surface area (Å²) in [6.45, 7) is 6.02. The van der Waals surface area contributed by atoms with Crippen molar-refractivity contribution in [3.05, 3.63) is 42.9 Å². The number of aromatic nitrogens is 4. The summed E-state index contributed by atoms with van der Waals surface area (Å²) < 4.78 is 0. The van der Waals surface area contributed by atoms with Gasteiger partial charge >= 0.3 is 0 Å². The quantitative estimate of drug-likeness (QED) is 0.729. The van der Waals surface area contributed by atoms with E-state index in [1.165, 1.54) is 6.33 Å². The molecule has 0 radical (unpaired) electrons. The molecule has 1 aromatic carbocycles. The molecule has 3 rings (SSSR count). The third-order valence-corrected chi connectivity index (χ3v) is 3.36. The van der Waals surface area contributed by atoms with Gasteiger partial charge in [-0.25, -0.2) is 25.0 Å². The lowest BCUT2D eigenvalue weighted by Crippen LogP contribution is -2.39. The number of hydrogen-bond donors (Lipinski definition) is 1. The monoisotopic (exact) mass is 282 g/mol. The predicted molar refractivity (Wildman–Crippen MR) is 83.2 cm³/mol. The largest absolute Gasteiger partial charge is 0.307 e. The maximum Gasteiger partial charge on any atom is 0.224 e. The number of rotatable bonds is 5. The van der Waals surface area contributed by atoms with Crippen LogP contribution in [0.15, 0.2) is 42.9 Å². The van der Waals surface area contributed by atoms with E-state index in [1.807, 2.05) is 18.2 Å². The van der Waals surface area contributed by atoms with Crippen LogP contribution in [-0.4, -0.2) is 38.0 Å². The van der Waals surface area contributed by atoms with E-state index in [0.29, 0.717) is 0 Å². The summed E-state index contributed by atoms with van der Waals surface area (Å²) >= 11 is 0. The lowest BCUT2D eigenvalue weighted by molar-refractivity contribution is 0.305. The first-order valence-electron chi connectivity index (χ1n) is 7.09. The fourth-order valence-electron chi connectivity index (χ4n) is 2.34. The second-order valence-corrected chi connectivity index (χ2v) is 4.60. The molecule has 0 bridgehead atoms. The molecule has 0 fully saturated rings. The molecule has 0 atom stereocenters. The fraction of sp³-hybridized carbons (Fsp3) is 0.267. The first-order valence-corrected chi connectivity index (χ1v) is 7.09. The number of aromatic amines is 1. The predicted octanol–water partition coefficient (Wildman–Crippen LogP) is 2.75. The van der Waals surface area contributed by atoms with Gasteiger partial charge in [0.15, 0.2) is 5.65 Å². The Kier molecular flexibility index (Phi) is 3.79. The number of para-hydroxylation sites is 1. The molecule has 0 saturated heterocycles. The minimum Gasteiger partial charge on any atom is -0.307 e. The number of nitrogens with one attached hydrogen (secondary N) is 1. The molecule has 2 heterocycles. The zero-order valence-corrected chi connectivity index (χ0v) is 12.2. The Bertz CT molecular complexity index is 671. The van der Waals surface area contributed by atoms with E-state index in [0.717, 1.165) is 35.9 Å². The molecule has 6 nitrogen and oxygen atoms in total. The van der Waals surface area contributed by atoms with Crippen LogP contribution in [0, 0.1) is 0 Å². The van der Waals surface area contributed by atoms with Crippen molar-refractivity contribution >= 4 is 22.8 Å². The molecule has 6 heteroatoms. The van der Waals surface area contributed by atoms with Crippen molar-refractivity contribution in [2.75, 3.05) is 18.1 Å². The Morgan fingerprint density at radius 3 is 2.52 bits per heavy atom. The number of benzene rings is 1. The molecular formula is C15H18N6. The van der Waals surface area contributed by atoms with Crippen LogP contribution < -0.4 is 5.01 Å². The third kappa shape index (κ3) is 2.57. The first kappa shape index (κ1) is 13.5. The van der Waals surface area contributed by atoms with Crippen molar-refractivity contribution in [3.8, 4) is 0 Å². The van der Waals surface area contributed by atoms with Crippen LogP contribution in [0.5, 0.6) is 0 Å². The number of H-pyrrole nitrogens is 1. The maximum absolute atomic E-state index is 4.61. The van der Waals surface area contributed by atoms with Gasteiger partial charge in [0.05, 0.1) is 11.9 Å². The van der Waals surface area contributed by atoms with E-state index >= 15 is 0 Å². The van der Waals surface area contributed by atoms with Crippen molar-refractivity contribution in [3.63, 3.8) is 0 Å². The summed E-state index contributed by atoms with van der Waals surface area (Å²) in [5, 5.41) is 4.29. The van der Waals surface area contributed by atoms with E-state index in [2.05, 4.69) is 55.9 Å². The van der Waals surface area contributed by atoms with E-state index in [1.54, 1.807) is 6.20 Å². The van der Waals surface area contributed by atoms with Gasteiger partial charge < -0.3 is 4.98 Å². The summed E-state index contributed by atoms with van der Waals surface area (Å²) in [5.41, 5.74) is 2.57. The molecular weight excluding hydrogens is 264 g/mol. The molecule has 0 aliphatic carbocycles. The Labute approximate surface area is 123 Å². The van der Waals surface area contributed by atoms with Gasteiger partial charge in [0, 0.05) is 13.1 Å². The molecule has 21 heavy (non-hydrogen) atoms. The number of anilines is 2. The van der Waals surface area contributed by atoms with Crippen LogP contribution in [0.4, 0.5) is 11.6 Å². The van der Waals surface area contributed by atoms with Gasteiger partial charge in [-0.3, -0.25) is 0 Å². The number of nitrogens with zero attached hydrogens (tertiary/aromatic N) is 5. The standard InChI is InChI=1S/C15H18N6/c1-3-20(4-2)21(12-8-6-5-7-9-12)15-18-13-10-16-11-17-14(13)19-15/h5-11H,3-4H2,1-2H3,(H,16,17,18,19). The smallest absolute Gasteiger partial charge is 0.224 e. The zero-order chi connectivity index (χ0) is 14.7. The molecule has 0 aliphatic rings. The minimum atomic E-state index is 0.744. The van der Waals surface area contributed by atoms with Crippen molar-refractivity contribution < 1.29 is 0 Å². The van der Waals surface area contributed by atoms with Crippen molar-refractivity contribution in [1.29, 1.82) is 0 Å². The van der Waals surface area contributed by atoms with Crippen LogP contribution in [0.1, 0.15) is 13.8 Å². The summed E-state index contributed by atoms with van der Waals surface area (Å²) in [5.74, 6) is 0.750. The molecule has 0 spiro atoms. The Morgan fingerprint density at radius 1 is 1.10 bits per heavy atom. The molecule has 2 aromatic heterocycles. The van der Waals surface area contributed by atoms with Crippen LogP contribution in [0.25, 0.3) is 11.2 Å². The average Bonchev–Trinajstić information content (AvgIpc) is 2.96. The normalized spacial score (nSPS) is 11.2. The fourth-order valence-corrected chi connectivity index (χ4v) is 2.34. The van der Waals surface area contributed by atoms with E-state index in [-0.39, 0.29) is 0 Å². The topological polar surface area (TPSA) is 60.9 Å². The summed E-state index contributed by atoms with van der Waals surface area (Å²) in [4.78, 5) is 16.1. The lowest BCUT2D eigenvalue weighted by atomic mass is 10.3. The summed E-state index contributed by atoms with van der Waals surface area (Å²) in [6.07, 6.45) is 3.24. The van der Waals surface area contributed by atoms with Crippen molar-refractivity contribution in [2.45, 2.75) is 13.8 Å². The second-order valence-electron chi connectivity index (χ2n) is 4.60. The zero-order valence-electron chi connectivity index (χ0n) is 12.2. The Hall–Kier alpha value is -2.47. The first-order chi connectivity index (χ1) is 10.3. The van der Waals surface area contributed by atoms with E-state index < -0.39 is 0 Å². The Balaban J connectivity index is 2.10. The van der Waals surface area contributed by atoms with Gasteiger partial charge in [-0.05, 0) is 12.1 Å². The van der Waals surface area contributed by atoms with Crippen LogP contribution in [-0.2, 0) is 0 Å². The van der Waals surface area contributed by atoms with Gasteiger partial charge in [0.2, 0.25) is 5.95 Å². The molecule has 0 amide bonds. The van der Waals surface area contributed by atoms with Crippen molar-refractivity contribution in [1.82, 2.24) is 24.9 Å². The van der Waals surface area contributed by atoms with Crippen LogP contribution >= 0.6 is 0 Å². The lowest BCUT2D eigenvalue weighted by Gasteiger charge is -2.33. The van der Waals surface area contributed by atoms with Crippen molar-refractivity contribution in [2.24, 2.45) is 0 Å². The highest BCUT2D eigenvalue weighted by Gasteiger charge is 2.19. The number of hydrazine groups is 1. The highest BCUT2D eigenvalue weighted by Crippen LogP contribution is 2.25. The number of fused-ring (bicyclic) bond motifs is 1. The molecule has 3 aromatic rings. The van der Waals surface area contributed by atoms with Crippen LogP contribution in [0.2, 0.25) is 0 Å². The van der Waals surface area contributed by atoms with E-state index in [4.69, 9.17) is 0 Å². The molecule has 0 aliphatic heterocycles. The van der Waals surface area contributed by atoms with E-state index in [9.17, 15) is 0 Å². The SMILES string of the molecule is CCN(CC)N(c1ccccc1)c1nc2cncnc2[nH]1. The second kappa shape index (κ2) is 5.88. The van der Waals surface area contributed by atoms with Gasteiger partial charge in [-0.2, -0.15) is 0 Å². The summed E-state index contributed by atoms with van der Waals surface area (Å²) in [7, 11) is 0.